The minimum atomic E-state index is -4.47. The van der Waals surface area contributed by atoms with Gasteiger partial charge in [-0.05, 0) is 25.1 Å². The molecule has 1 aromatic rings. The maximum Gasteiger partial charge on any atom is 0.416 e. The number of alkyl halides is 3. The van der Waals surface area contributed by atoms with Gasteiger partial charge in [0.05, 0.1) is 11.3 Å². The second-order valence-electron chi connectivity index (χ2n) is 3.10. The maximum absolute atomic E-state index is 13.0. The van der Waals surface area contributed by atoms with E-state index in [9.17, 15) is 17.6 Å². The summed E-state index contributed by atoms with van der Waals surface area (Å²) in [6.45, 7) is 4.95. The van der Waals surface area contributed by atoms with Crippen molar-refractivity contribution in [1.82, 2.24) is 0 Å². The molecule has 0 bridgehead atoms. The molecule has 0 aliphatic rings. The molecule has 0 amide bonds. The van der Waals surface area contributed by atoms with E-state index in [0.717, 1.165) is 6.07 Å². The zero-order chi connectivity index (χ0) is 11.6. The summed E-state index contributed by atoms with van der Waals surface area (Å²) >= 11 is 0. The van der Waals surface area contributed by atoms with Crippen molar-refractivity contribution >= 4 is 5.69 Å². The van der Waals surface area contributed by atoms with Crippen molar-refractivity contribution in [2.45, 2.75) is 13.1 Å². The van der Waals surface area contributed by atoms with E-state index in [1.807, 2.05) is 0 Å². The van der Waals surface area contributed by atoms with Crippen molar-refractivity contribution in [3.05, 3.63) is 41.9 Å². The van der Waals surface area contributed by atoms with Crippen LogP contribution in [0.4, 0.5) is 23.2 Å². The highest BCUT2D eigenvalue weighted by Crippen LogP contribution is 2.31. The molecule has 82 valence electrons. The predicted molar refractivity (Wildman–Crippen MR) is 49.8 cm³/mol. The Labute approximate surface area is 84.4 Å². The van der Waals surface area contributed by atoms with Crippen LogP contribution in [0.5, 0.6) is 0 Å². The minimum absolute atomic E-state index is 0.225. The van der Waals surface area contributed by atoms with Crippen LogP contribution in [0.2, 0.25) is 0 Å². The first-order chi connectivity index (χ1) is 6.80. The molecule has 0 unspecified atom stereocenters. The standard InChI is InChI=1S/C10H9F4N/c1-6(2)15-9-5-7(10(12,13)14)3-4-8(9)11/h3-5,15H,1H2,2H3. The Balaban J connectivity index is 3.11. The lowest BCUT2D eigenvalue weighted by molar-refractivity contribution is -0.137. The monoisotopic (exact) mass is 219 g/mol. The van der Waals surface area contributed by atoms with E-state index in [1.165, 1.54) is 6.92 Å². The molecule has 0 spiro atoms. The van der Waals surface area contributed by atoms with Gasteiger partial charge in [0, 0.05) is 5.70 Å². The Bertz CT molecular complexity index is 381. The number of nitrogens with one attached hydrogen (secondary N) is 1. The molecule has 0 heterocycles. The number of anilines is 1. The van der Waals surface area contributed by atoms with Gasteiger partial charge < -0.3 is 5.32 Å². The fourth-order valence-electron chi connectivity index (χ4n) is 1.03. The highest BCUT2D eigenvalue weighted by Gasteiger charge is 2.31. The summed E-state index contributed by atoms with van der Waals surface area (Å²) in [5.74, 6) is -0.744. The molecule has 1 rings (SSSR count). The lowest BCUT2D eigenvalue weighted by Crippen LogP contribution is -2.07. The summed E-state index contributed by atoms with van der Waals surface area (Å²) in [4.78, 5) is 0. The van der Waals surface area contributed by atoms with Gasteiger partial charge >= 0.3 is 6.18 Å². The average Bonchev–Trinajstić information content (AvgIpc) is 2.06. The SMILES string of the molecule is C=C(C)Nc1cc(C(F)(F)F)ccc1F. The Morgan fingerprint density at radius 2 is 1.93 bits per heavy atom. The second-order valence-corrected chi connectivity index (χ2v) is 3.10. The maximum atomic E-state index is 13.0. The fourth-order valence-corrected chi connectivity index (χ4v) is 1.03. The third-order valence-corrected chi connectivity index (χ3v) is 1.64. The van der Waals surface area contributed by atoms with Gasteiger partial charge in [-0.25, -0.2) is 4.39 Å². The average molecular weight is 219 g/mol. The molecular formula is C10H9F4N. The lowest BCUT2D eigenvalue weighted by atomic mass is 10.2. The molecule has 1 nitrogen and oxygen atoms in total. The van der Waals surface area contributed by atoms with Crippen LogP contribution in [0.1, 0.15) is 12.5 Å². The molecule has 0 aliphatic carbocycles. The van der Waals surface area contributed by atoms with Crippen LogP contribution >= 0.6 is 0 Å². The number of hydrogen-bond donors (Lipinski definition) is 1. The van der Waals surface area contributed by atoms with Crippen molar-refractivity contribution in [2.24, 2.45) is 0 Å². The third kappa shape index (κ3) is 2.97. The topological polar surface area (TPSA) is 12.0 Å². The number of benzene rings is 1. The van der Waals surface area contributed by atoms with E-state index < -0.39 is 17.6 Å². The first-order valence-corrected chi connectivity index (χ1v) is 4.10. The van der Waals surface area contributed by atoms with Crippen molar-refractivity contribution in [3.8, 4) is 0 Å². The molecule has 15 heavy (non-hydrogen) atoms. The second kappa shape index (κ2) is 3.92. The molecule has 1 N–H and O–H groups in total. The zero-order valence-corrected chi connectivity index (χ0v) is 7.95. The van der Waals surface area contributed by atoms with Crippen molar-refractivity contribution in [3.63, 3.8) is 0 Å². The summed E-state index contributed by atoms with van der Waals surface area (Å²) in [5, 5.41) is 2.42. The largest absolute Gasteiger partial charge is 0.416 e. The molecule has 0 atom stereocenters. The summed E-state index contributed by atoms with van der Waals surface area (Å²) in [7, 11) is 0. The Morgan fingerprint density at radius 1 is 1.33 bits per heavy atom. The normalized spacial score (nSPS) is 11.3. The quantitative estimate of drug-likeness (QED) is 0.746. The van der Waals surface area contributed by atoms with E-state index >= 15 is 0 Å². The number of hydrogen-bond acceptors (Lipinski definition) is 1. The smallest absolute Gasteiger partial charge is 0.357 e. The van der Waals surface area contributed by atoms with Crippen LogP contribution in [-0.2, 0) is 6.18 Å². The van der Waals surface area contributed by atoms with Crippen LogP contribution in [0.15, 0.2) is 30.5 Å². The number of halogens is 4. The van der Waals surface area contributed by atoms with Gasteiger partial charge in [-0.2, -0.15) is 13.2 Å². The van der Waals surface area contributed by atoms with Gasteiger partial charge in [-0.3, -0.25) is 0 Å². The van der Waals surface area contributed by atoms with E-state index in [4.69, 9.17) is 0 Å². The van der Waals surface area contributed by atoms with Crippen LogP contribution in [0.3, 0.4) is 0 Å². The molecule has 0 radical (unpaired) electrons. The Hall–Kier alpha value is -1.52. The van der Waals surface area contributed by atoms with E-state index in [2.05, 4.69) is 11.9 Å². The van der Waals surface area contributed by atoms with Gasteiger partial charge in [-0.1, -0.05) is 6.58 Å². The summed E-state index contributed by atoms with van der Waals surface area (Å²) in [6.07, 6.45) is -4.47. The van der Waals surface area contributed by atoms with Crippen molar-refractivity contribution < 1.29 is 17.6 Å². The number of rotatable bonds is 2. The highest BCUT2D eigenvalue weighted by molar-refractivity contribution is 5.51. The van der Waals surface area contributed by atoms with Crippen LogP contribution in [0, 0.1) is 5.82 Å². The minimum Gasteiger partial charge on any atom is -0.357 e. The molecule has 0 saturated carbocycles. The Kier molecular flexibility index (Phi) is 3.02. The molecule has 5 heteroatoms. The van der Waals surface area contributed by atoms with Crippen LogP contribution in [-0.4, -0.2) is 0 Å². The van der Waals surface area contributed by atoms with Crippen LogP contribution < -0.4 is 5.32 Å². The van der Waals surface area contributed by atoms with Crippen molar-refractivity contribution in [2.75, 3.05) is 5.32 Å². The molecule has 0 aliphatic heterocycles. The predicted octanol–water partition coefficient (Wildman–Crippen LogP) is 3.79. The van der Waals surface area contributed by atoms with E-state index in [-0.39, 0.29) is 5.69 Å². The molecule has 0 aromatic heterocycles. The first-order valence-electron chi connectivity index (χ1n) is 4.10. The summed E-state index contributed by atoms with van der Waals surface area (Å²) in [5.41, 5.74) is -0.752. The van der Waals surface area contributed by atoms with Gasteiger partial charge in [0.2, 0.25) is 0 Å². The molecule has 1 aromatic carbocycles. The Morgan fingerprint density at radius 3 is 2.40 bits per heavy atom. The van der Waals surface area contributed by atoms with Gasteiger partial charge in [0.25, 0.3) is 0 Å². The highest BCUT2D eigenvalue weighted by atomic mass is 19.4. The molecule has 0 fully saturated rings. The van der Waals surface area contributed by atoms with E-state index in [0.29, 0.717) is 17.8 Å². The van der Waals surface area contributed by atoms with Crippen LogP contribution in [0.25, 0.3) is 0 Å². The molecule has 0 saturated heterocycles. The number of allylic oxidation sites excluding steroid dienone is 1. The molecular weight excluding hydrogens is 210 g/mol. The summed E-state index contributed by atoms with van der Waals surface area (Å²) < 4.78 is 49.8. The fraction of sp³-hybridized carbons (Fsp3) is 0.200. The third-order valence-electron chi connectivity index (χ3n) is 1.64. The van der Waals surface area contributed by atoms with Crippen molar-refractivity contribution in [1.29, 1.82) is 0 Å². The van der Waals surface area contributed by atoms with E-state index in [1.54, 1.807) is 0 Å². The van der Waals surface area contributed by atoms with Gasteiger partial charge in [0.1, 0.15) is 5.82 Å². The van der Waals surface area contributed by atoms with Gasteiger partial charge in [-0.15, -0.1) is 0 Å². The summed E-state index contributed by atoms with van der Waals surface area (Å²) in [6, 6.07) is 2.18. The zero-order valence-electron chi connectivity index (χ0n) is 7.95. The lowest BCUT2D eigenvalue weighted by Gasteiger charge is -2.11. The van der Waals surface area contributed by atoms with Gasteiger partial charge in [0.15, 0.2) is 0 Å². The first kappa shape index (κ1) is 11.6.